The second-order valence-electron chi connectivity index (χ2n) is 7.41. The van der Waals surface area contributed by atoms with Crippen molar-refractivity contribution in [1.29, 1.82) is 5.26 Å². The fourth-order valence-electron chi connectivity index (χ4n) is 3.82. The van der Waals surface area contributed by atoms with Gasteiger partial charge in [-0.05, 0) is 30.3 Å². The predicted octanol–water partition coefficient (Wildman–Crippen LogP) is 3.82. The van der Waals surface area contributed by atoms with Gasteiger partial charge in [0.1, 0.15) is 5.56 Å². The number of nitriles is 1. The topological polar surface area (TPSA) is 111 Å². The Kier molecular flexibility index (Phi) is 5.49. The number of hydrogen-bond acceptors (Lipinski definition) is 7. The van der Waals surface area contributed by atoms with Crippen molar-refractivity contribution in [3.63, 3.8) is 0 Å². The van der Waals surface area contributed by atoms with E-state index in [1.807, 2.05) is 0 Å². The van der Waals surface area contributed by atoms with Gasteiger partial charge in [-0.25, -0.2) is 14.2 Å². The molecule has 2 bridgehead atoms. The molecule has 0 fully saturated rings. The van der Waals surface area contributed by atoms with E-state index in [0.29, 0.717) is 11.4 Å². The van der Waals surface area contributed by atoms with Crippen molar-refractivity contribution in [3.05, 3.63) is 107 Å². The Morgan fingerprint density at radius 2 is 1.46 bits per heavy atom. The molecule has 0 saturated heterocycles. The number of ether oxygens (including phenoxy) is 2. The van der Waals surface area contributed by atoms with Crippen molar-refractivity contribution < 1.29 is 19.1 Å². The van der Waals surface area contributed by atoms with Crippen LogP contribution in [0.25, 0.3) is 28.1 Å². The van der Waals surface area contributed by atoms with Crippen LogP contribution in [0.15, 0.2) is 95.9 Å². The van der Waals surface area contributed by atoms with Gasteiger partial charge in [-0.15, -0.1) is 0 Å². The Morgan fingerprint density at radius 3 is 2.17 bits per heavy atom. The molecule has 0 amide bonds. The van der Waals surface area contributed by atoms with Crippen LogP contribution in [0.5, 0.6) is 11.6 Å². The third-order valence-corrected chi connectivity index (χ3v) is 5.30. The van der Waals surface area contributed by atoms with Crippen molar-refractivity contribution in [2.24, 2.45) is 0 Å². The average Bonchev–Trinajstić information content (AvgIpc) is 2.93. The van der Waals surface area contributed by atoms with Gasteiger partial charge in [0, 0.05) is 23.9 Å². The molecule has 3 heterocycles. The maximum atomic E-state index is 14.1. The molecule has 35 heavy (non-hydrogen) atoms. The second kappa shape index (κ2) is 8.92. The van der Waals surface area contributed by atoms with Gasteiger partial charge in [0.05, 0.1) is 28.6 Å². The molecule has 0 saturated carbocycles. The van der Waals surface area contributed by atoms with E-state index in [9.17, 15) is 19.6 Å². The highest BCUT2D eigenvalue weighted by atomic mass is 16.6. The molecular weight excluding hydrogens is 446 g/mol. The summed E-state index contributed by atoms with van der Waals surface area (Å²) in [7, 11) is 0. The first-order valence-electron chi connectivity index (χ1n) is 10.5. The van der Waals surface area contributed by atoms with Gasteiger partial charge in [0.2, 0.25) is 5.88 Å². The van der Waals surface area contributed by atoms with Crippen LogP contribution in [0, 0.1) is 11.3 Å². The van der Waals surface area contributed by atoms with Crippen LogP contribution < -0.4 is 15.0 Å². The summed E-state index contributed by atoms with van der Waals surface area (Å²) in [5.41, 5.74) is 0.562. The molecule has 2 aromatic heterocycles. The minimum atomic E-state index is -0.889. The van der Waals surface area contributed by atoms with Crippen molar-refractivity contribution in [1.82, 2.24) is 9.55 Å². The zero-order valence-electron chi connectivity index (χ0n) is 18.0. The predicted molar refractivity (Wildman–Crippen MR) is 126 cm³/mol. The van der Waals surface area contributed by atoms with Gasteiger partial charge in [-0.3, -0.25) is 9.78 Å². The normalized spacial score (nSPS) is 13.5. The Labute approximate surface area is 198 Å². The van der Waals surface area contributed by atoms with Gasteiger partial charge in [0.25, 0.3) is 5.56 Å². The number of pyridine rings is 2. The zero-order valence-corrected chi connectivity index (χ0v) is 18.0. The minimum Gasteiger partial charge on any atom is -0.422 e. The molecule has 4 aromatic rings. The Balaban J connectivity index is 2.03. The van der Waals surface area contributed by atoms with Gasteiger partial charge in [-0.1, -0.05) is 42.5 Å². The number of rotatable bonds is 3. The molecule has 168 valence electrons. The van der Waals surface area contributed by atoms with E-state index in [0.717, 1.165) is 12.2 Å². The largest absolute Gasteiger partial charge is 0.422 e. The number of hydrogen-bond donors (Lipinski definition) is 0. The molecule has 0 radical (unpaired) electrons. The zero-order chi connectivity index (χ0) is 24.4. The van der Waals surface area contributed by atoms with Crippen LogP contribution in [0.2, 0.25) is 0 Å². The summed E-state index contributed by atoms with van der Waals surface area (Å²) in [5, 5.41) is 9.75. The quantitative estimate of drug-likeness (QED) is 0.427. The van der Waals surface area contributed by atoms with Crippen molar-refractivity contribution in [2.45, 2.75) is 0 Å². The second-order valence-corrected chi connectivity index (χ2v) is 7.41. The lowest BCUT2D eigenvalue weighted by molar-refractivity contribution is -0.131. The number of carbonyl (C=O) groups excluding carboxylic acids is 2. The number of benzene rings is 2. The molecule has 0 aliphatic carbocycles. The fraction of sp³-hybridized carbons (Fsp3) is 0. The molecule has 1 aliphatic heterocycles. The average molecular weight is 461 g/mol. The van der Waals surface area contributed by atoms with E-state index in [1.54, 1.807) is 72.8 Å². The molecule has 8 heteroatoms. The Bertz CT molecular complexity index is 1600. The third-order valence-electron chi connectivity index (χ3n) is 5.30. The Morgan fingerprint density at radius 1 is 0.771 bits per heavy atom. The Hall–Kier alpha value is -5.29. The summed E-state index contributed by atoms with van der Waals surface area (Å²) in [6.07, 6.45) is 3.35. The number of esters is 2. The van der Waals surface area contributed by atoms with Crippen LogP contribution in [0.1, 0.15) is 5.56 Å². The van der Waals surface area contributed by atoms with Crippen LogP contribution in [0.4, 0.5) is 0 Å². The lowest BCUT2D eigenvalue weighted by atomic mass is 9.97. The smallest absolute Gasteiger partial charge is 0.337 e. The lowest BCUT2D eigenvalue weighted by Gasteiger charge is -2.21. The van der Waals surface area contributed by atoms with Crippen LogP contribution >= 0.6 is 0 Å². The first-order valence-corrected chi connectivity index (χ1v) is 10.5. The molecule has 1 aliphatic rings. The molecule has 0 N–H and O–H groups in total. The maximum absolute atomic E-state index is 14.1. The summed E-state index contributed by atoms with van der Waals surface area (Å²) < 4.78 is 12.5. The monoisotopic (exact) mass is 461 g/mol. The molecule has 0 spiro atoms. The summed E-state index contributed by atoms with van der Waals surface area (Å²) in [4.78, 5) is 43.6. The number of fused-ring (bicyclic) bond motifs is 2. The standard InChI is InChI=1S/C27H15N3O5/c28-16-17-8-4-5-11-19(17)23-25-24(20-12-6-7-15-29-20)27(35-22(32)14-13-21(31)34-25)30(26(23)33)18-9-2-1-3-10-18/h1-15H/b14-13+. The molecule has 5 rings (SSSR count). The van der Waals surface area contributed by atoms with Crippen LogP contribution in [0.3, 0.4) is 0 Å². The SMILES string of the molecule is N#Cc1ccccc1-c1c2c(-c3ccccn3)c(n(-c3ccccc3)c1=O)OC(=O)/C=C/C(=O)O2. The van der Waals surface area contributed by atoms with Gasteiger partial charge < -0.3 is 9.47 Å². The number of nitrogens with zero attached hydrogens (tertiary/aromatic N) is 3. The van der Waals surface area contributed by atoms with Crippen molar-refractivity contribution in [3.8, 4) is 45.8 Å². The summed E-state index contributed by atoms with van der Waals surface area (Å²) >= 11 is 0. The van der Waals surface area contributed by atoms with Crippen LogP contribution in [-0.4, -0.2) is 21.5 Å². The minimum absolute atomic E-state index is 0.0462. The fourth-order valence-corrected chi connectivity index (χ4v) is 3.82. The highest BCUT2D eigenvalue weighted by Crippen LogP contribution is 2.44. The number of para-hydroxylation sites is 1. The van der Waals surface area contributed by atoms with Crippen LogP contribution in [-0.2, 0) is 9.59 Å². The maximum Gasteiger partial charge on any atom is 0.337 e. The van der Waals surface area contributed by atoms with Gasteiger partial charge >= 0.3 is 11.9 Å². The van der Waals surface area contributed by atoms with Gasteiger partial charge in [-0.2, -0.15) is 5.26 Å². The first kappa shape index (κ1) is 21.6. The van der Waals surface area contributed by atoms with E-state index >= 15 is 0 Å². The highest BCUT2D eigenvalue weighted by Gasteiger charge is 2.31. The van der Waals surface area contributed by atoms with E-state index in [-0.39, 0.29) is 33.9 Å². The third kappa shape index (κ3) is 3.87. The summed E-state index contributed by atoms with van der Waals surface area (Å²) in [6.45, 7) is 0. The van der Waals surface area contributed by atoms with E-state index in [4.69, 9.17) is 9.47 Å². The summed E-state index contributed by atoms with van der Waals surface area (Å²) in [6, 6.07) is 22.2. The van der Waals surface area contributed by atoms with E-state index in [1.165, 1.54) is 10.8 Å². The molecule has 0 unspecified atom stereocenters. The lowest BCUT2D eigenvalue weighted by Crippen LogP contribution is -2.25. The van der Waals surface area contributed by atoms with Crippen molar-refractivity contribution in [2.75, 3.05) is 0 Å². The first-order chi connectivity index (χ1) is 17.1. The molecular formula is C27H15N3O5. The van der Waals surface area contributed by atoms with E-state index in [2.05, 4.69) is 11.1 Å². The van der Waals surface area contributed by atoms with Crippen molar-refractivity contribution >= 4 is 11.9 Å². The number of aromatic nitrogens is 2. The molecule has 2 aromatic carbocycles. The van der Waals surface area contributed by atoms with E-state index < -0.39 is 17.5 Å². The van der Waals surface area contributed by atoms with Gasteiger partial charge in [0.15, 0.2) is 5.75 Å². The highest BCUT2D eigenvalue weighted by molar-refractivity contribution is 5.98. The molecule has 8 nitrogen and oxygen atoms in total. The summed E-state index contributed by atoms with van der Waals surface area (Å²) in [5.74, 6) is -2.10. The molecule has 0 atom stereocenters. The number of carbonyl (C=O) groups is 2.